The van der Waals surface area contributed by atoms with Gasteiger partial charge in [0.1, 0.15) is 6.04 Å². The number of likely N-dealkylation sites (tertiary alicyclic amines) is 2. The number of benzene rings is 1. The molecule has 1 aromatic heterocycles. The van der Waals surface area contributed by atoms with Gasteiger partial charge < -0.3 is 15.1 Å². The average molecular weight is 454 g/mol. The Morgan fingerprint density at radius 3 is 2.25 bits per heavy atom. The summed E-state index contributed by atoms with van der Waals surface area (Å²) < 4.78 is 0. The number of hydrogen-bond acceptors (Lipinski definition) is 4. The van der Waals surface area contributed by atoms with E-state index in [0.717, 1.165) is 42.8 Å². The van der Waals surface area contributed by atoms with E-state index in [0.29, 0.717) is 31.5 Å². The molecule has 2 fully saturated rings. The van der Waals surface area contributed by atoms with Crippen LogP contribution in [0.1, 0.15) is 57.7 Å². The van der Waals surface area contributed by atoms with Crippen LogP contribution in [0.4, 0.5) is 0 Å². The highest BCUT2D eigenvalue weighted by Crippen LogP contribution is 2.25. The molecule has 0 saturated carbocycles. The second kappa shape index (κ2) is 10.3. The fourth-order valence-electron chi connectivity index (χ4n) is 4.61. The Morgan fingerprint density at radius 2 is 1.62 bits per heavy atom. The molecule has 3 amide bonds. The number of thiophene rings is 1. The van der Waals surface area contributed by atoms with Crippen molar-refractivity contribution >= 4 is 29.1 Å². The maximum Gasteiger partial charge on any atom is 0.263 e. The van der Waals surface area contributed by atoms with Crippen LogP contribution >= 0.6 is 11.3 Å². The van der Waals surface area contributed by atoms with Gasteiger partial charge in [0.05, 0.1) is 4.88 Å². The van der Waals surface area contributed by atoms with Gasteiger partial charge in [0.2, 0.25) is 5.91 Å². The van der Waals surface area contributed by atoms with Gasteiger partial charge in [-0.1, -0.05) is 23.8 Å². The Morgan fingerprint density at radius 1 is 0.938 bits per heavy atom. The van der Waals surface area contributed by atoms with Crippen LogP contribution < -0.4 is 5.32 Å². The van der Waals surface area contributed by atoms with Crippen molar-refractivity contribution in [2.24, 2.45) is 5.92 Å². The molecule has 2 aromatic rings. The Kier molecular flexibility index (Phi) is 7.25. The Bertz CT molecular complexity index is 928. The molecule has 7 heteroatoms. The van der Waals surface area contributed by atoms with Gasteiger partial charge in [0.15, 0.2) is 0 Å². The fourth-order valence-corrected chi connectivity index (χ4v) is 5.30. The summed E-state index contributed by atoms with van der Waals surface area (Å²) in [7, 11) is 0. The van der Waals surface area contributed by atoms with Crippen molar-refractivity contribution in [3.05, 3.63) is 57.8 Å². The van der Waals surface area contributed by atoms with E-state index < -0.39 is 6.04 Å². The van der Waals surface area contributed by atoms with Crippen molar-refractivity contribution in [2.45, 2.75) is 45.1 Å². The highest BCUT2D eigenvalue weighted by Gasteiger charge is 2.36. The maximum absolute atomic E-state index is 13.5. The second-order valence-corrected chi connectivity index (χ2v) is 9.76. The quantitative estimate of drug-likeness (QED) is 0.750. The number of amides is 3. The first-order chi connectivity index (χ1) is 15.5. The summed E-state index contributed by atoms with van der Waals surface area (Å²) in [6.45, 7) is 4.70. The van der Waals surface area contributed by atoms with Crippen molar-refractivity contribution in [1.82, 2.24) is 15.1 Å². The summed E-state index contributed by atoms with van der Waals surface area (Å²) in [5.74, 6) is -0.113. The minimum absolute atomic E-state index is 0.0196. The van der Waals surface area contributed by atoms with Gasteiger partial charge in [-0.25, -0.2) is 0 Å². The van der Waals surface area contributed by atoms with Gasteiger partial charge in [-0.15, -0.1) is 11.3 Å². The molecule has 0 radical (unpaired) electrons. The van der Waals surface area contributed by atoms with Crippen LogP contribution in [0.2, 0.25) is 0 Å². The summed E-state index contributed by atoms with van der Waals surface area (Å²) in [6.07, 6.45) is 4.58. The van der Waals surface area contributed by atoms with Gasteiger partial charge in [-0.3, -0.25) is 14.4 Å². The smallest absolute Gasteiger partial charge is 0.263 e. The van der Waals surface area contributed by atoms with E-state index in [1.54, 1.807) is 12.1 Å². The number of carbonyl (C=O) groups excluding carboxylic acids is 3. The highest BCUT2D eigenvalue weighted by molar-refractivity contribution is 7.12. The van der Waals surface area contributed by atoms with Crippen LogP contribution in [-0.2, 0) is 4.79 Å². The van der Waals surface area contributed by atoms with Crippen LogP contribution in [0.3, 0.4) is 0 Å². The number of nitrogens with zero attached hydrogens (tertiary/aromatic N) is 2. The predicted octanol–water partition coefficient (Wildman–Crippen LogP) is 3.72. The summed E-state index contributed by atoms with van der Waals surface area (Å²) >= 11 is 1.45. The third-order valence-electron chi connectivity index (χ3n) is 6.56. The number of carbonyl (C=O) groups is 3. The van der Waals surface area contributed by atoms with E-state index in [9.17, 15) is 14.4 Å². The molecule has 2 saturated heterocycles. The minimum atomic E-state index is -0.555. The maximum atomic E-state index is 13.5. The van der Waals surface area contributed by atoms with Crippen LogP contribution in [0.25, 0.3) is 0 Å². The normalized spacial score (nSPS) is 18.3. The molecule has 1 aromatic carbocycles. The SMILES string of the molecule is Cc1ccc(C(=O)N[C@H](C(=O)N2CCCCC2)C2CCN(C(=O)c3cccs3)CC2)cc1. The molecule has 3 heterocycles. The van der Waals surface area contributed by atoms with Gasteiger partial charge in [-0.2, -0.15) is 0 Å². The zero-order chi connectivity index (χ0) is 22.5. The molecule has 0 aliphatic carbocycles. The molecule has 0 bridgehead atoms. The van der Waals surface area contributed by atoms with Gasteiger partial charge in [0.25, 0.3) is 11.8 Å². The average Bonchev–Trinajstić information content (AvgIpc) is 3.38. The molecule has 4 rings (SSSR count). The number of piperidine rings is 2. The number of nitrogens with one attached hydrogen (secondary N) is 1. The molecule has 1 N–H and O–H groups in total. The number of aryl methyl sites for hydroxylation is 1. The molecule has 2 aliphatic rings. The Balaban J connectivity index is 1.46. The molecule has 6 nitrogen and oxygen atoms in total. The first-order valence-corrected chi connectivity index (χ1v) is 12.4. The third kappa shape index (κ3) is 5.21. The lowest BCUT2D eigenvalue weighted by molar-refractivity contribution is -0.136. The van der Waals surface area contributed by atoms with E-state index in [2.05, 4.69) is 5.32 Å². The van der Waals surface area contributed by atoms with Crippen LogP contribution in [0.5, 0.6) is 0 Å². The summed E-state index contributed by atoms with van der Waals surface area (Å²) in [6, 6.07) is 10.6. The van der Waals surface area contributed by atoms with Crippen LogP contribution in [0, 0.1) is 12.8 Å². The zero-order valence-corrected chi connectivity index (χ0v) is 19.4. The van der Waals surface area contributed by atoms with Crippen molar-refractivity contribution in [3.8, 4) is 0 Å². The summed E-state index contributed by atoms with van der Waals surface area (Å²) in [4.78, 5) is 43.7. The lowest BCUT2D eigenvalue weighted by atomic mass is 9.87. The molecule has 2 aliphatic heterocycles. The third-order valence-corrected chi connectivity index (χ3v) is 7.42. The van der Waals surface area contributed by atoms with E-state index in [-0.39, 0.29) is 23.6 Å². The lowest BCUT2D eigenvalue weighted by Gasteiger charge is -2.38. The van der Waals surface area contributed by atoms with E-state index >= 15 is 0 Å². The Labute approximate surface area is 193 Å². The van der Waals surface area contributed by atoms with E-state index in [4.69, 9.17) is 0 Å². The molecular formula is C25H31N3O3S. The number of rotatable bonds is 5. The zero-order valence-electron chi connectivity index (χ0n) is 18.6. The van der Waals surface area contributed by atoms with Crippen molar-refractivity contribution < 1.29 is 14.4 Å². The van der Waals surface area contributed by atoms with Crippen LogP contribution in [-0.4, -0.2) is 59.7 Å². The summed E-state index contributed by atoms with van der Waals surface area (Å²) in [5, 5.41) is 4.97. The monoisotopic (exact) mass is 453 g/mol. The second-order valence-electron chi connectivity index (χ2n) is 8.81. The highest BCUT2D eigenvalue weighted by atomic mass is 32.1. The van der Waals surface area contributed by atoms with Gasteiger partial charge in [-0.05, 0) is 68.5 Å². The standard InChI is InChI=1S/C25H31N3O3S/c1-18-7-9-20(10-8-18)23(29)26-22(25(31)27-13-3-2-4-14-27)19-11-15-28(16-12-19)24(30)21-6-5-17-32-21/h5-10,17,19,22H,2-4,11-16H2,1H3,(H,26,29)/t22-/m0/s1. The first-order valence-electron chi connectivity index (χ1n) is 11.5. The van der Waals surface area contributed by atoms with E-state index in [1.807, 2.05) is 46.4 Å². The first kappa shape index (κ1) is 22.5. The van der Waals surface area contributed by atoms with Crippen molar-refractivity contribution in [3.63, 3.8) is 0 Å². The molecular weight excluding hydrogens is 422 g/mol. The van der Waals surface area contributed by atoms with E-state index in [1.165, 1.54) is 11.3 Å². The van der Waals surface area contributed by atoms with Crippen molar-refractivity contribution in [2.75, 3.05) is 26.2 Å². The van der Waals surface area contributed by atoms with Crippen LogP contribution in [0.15, 0.2) is 41.8 Å². The largest absolute Gasteiger partial charge is 0.341 e. The van der Waals surface area contributed by atoms with Gasteiger partial charge in [0, 0.05) is 31.7 Å². The summed E-state index contributed by atoms with van der Waals surface area (Å²) in [5.41, 5.74) is 1.66. The number of hydrogen-bond donors (Lipinski definition) is 1. The topological polar surface area (TPSA) is 69.7 Å². The minimum Gasteiger partial charge on any atom is -0.341 e. The Hall–Kier alpha value is -2.67. The molecule has 170 valence electrons. The predicted molar refractivity (Wildman–Crippen MR) is 126 cm³/mol. The van der Waals surface area contributed by atoms with Gasteiger partial charge >= 0.3 is 0 Å². The molecule has 32 heavy (non-hydrogen) atoms. The lowest BCUT2D eigenvalue weighted by Crippen LogP contribution is -2.55. The molecule has 0 spiro atoms. The van der Waals surface area contributed by atoms with Crippen molar-refractivity contribution in [1.29, 1.82) is 0 Å². The molecule has 0 unspecified atom stereocenters. The fraction of sp³-hybridized carbons (Fsp3) is 0.480. The molecule has 1 atom stereocenters.